The number of rotatable bonds is 9. The normalized spacial score (nSPS) is 10.6. The highest BCUT2D eigenvalue weighted by molar-refractivity contribution is 9.10. The third kappa shape index (κ3) is 5.23. The van der Waals surface area contributed by atoms with Gasteiger partial charge in [-0.05, 0) is 28.4 Å². The van der Waals surface area contributed by atoms with Gasteiger partial charge in [0.05, 0.1) is 17.1 Å². The monoisotopic (exact) mass is 344 g/mol. The van der Waals surface area contributed by atoms with Crippen LogP contribution in [0.25, 0.3) is 0 Å². The fraction of sp³-hybridized carbons (Fsp3) is 0.562. The lowest BCUT2D eigenvalue weighted by atomic mass is 10.0. The van der Waals surface area contributed by atoms with Crippen molar-refractivity contribution < 1.29 is 13.9 Å². The molecule has 1 aromatic rings. The Balaban J connectivity index is 2.53. The van der Waals surface area contributed by atoms with E-state index in [0.29, 0.717) is 22.2 Å². The van der Waals surface area contributed by atoms with Crippen LogP contribution in [0.5, 0.6) is 5.75 Å². The van der Waals surface area contributed by atoms with Gasteiger partial charge < -0.3 is 4.74 Å². The van der Waals surface area contributed by atoms with Gasteiger partial charge in [-0.3, -0.25) is 4.79 Å². The summed E-state index contributed by atoms with van der Waals surface area (Å²) in [5.74, 6) is -0.0994. The van der Waals surface area contributed by atoms with E-state index in [1.54, 1.807) is 0 Å². The molecule has 0 aliphatic heterocycles. The third-order valence-corrected chi connectivity index (χ3v) is 3.91. The summed E-state index contributed by atoms with van der Waals surface area (Å²) >= 11 is 3.11. The molecule has 0 heterocycles. The zero-order chi connectivity index (χ0) is 15.0. The van der Waals surface area contributed by atoms with Gasteiger partial charge in [0, 0.05) is 12.5 Å². The zero-order valence-corrected chi connectivity index (χ0v) is 13.8. The van der Waals surface area contributed by atoms with Gasteiger partial charge in [0.2, 0.25) is 0 Å². The number of unbranched alkanes of at least 4 members (excludes halogenated alkanes) is 5. The van der Waals surface area contributed by atoms with Crippen molar-refractivity contribution in [3.8, 4) is 5.75 Å². The minimum absolute atomic E-state index is 0.0121. The minimum Gasteiger partial charge on any atom is -0.496 e. The Labute approximate surface area is 128 Å². The second-order valence-electron chi connectivity index (χ2n) is 4.91. The number of hydrogen-bond donors (Lipinski definition) is 0. The predicted octanol–water partition coefficient (Wildman–Crippen LogP) is 5.53. The first kappa shape index (κ1) is 17.2. The topological polar surface area (TPSA) is 26.3 Å². The van der Waals surface area contributed by atoms with Crippen molar-refractivity contribution in [2.75, 3.05) is 7.11 Å². The van der Waals surface area contributed by atoms with E-state index in [-0.39, 0.29) is 5.78 Å². The van der Waals surface area contributed by atoms with Gasteiger partial charge in [0.25, 0.3) is 0 Å². The van der Waals surface area contributed by atoms with Crippen LogP contribution in [0.1, 0.15) is 62.2 Å². The van der Waals surface area contributed by atoms with E-state index >= 15 is 0 Å². The van der Waals surface area contributed by atoms with Crippen LogP contribution in [-0.4, -0.2) is 12.9 Å². The van der Waals surface area contributed by atoms with E-state index in [0.717, 1.165) is 12.8 Å². The average molecular weight is 345 g/mol. The molecule has 0 fully saturated rings. The number of ether oxygens (including phenoxy) is 1. The Hall–Kier alpha value is -0.900. The molecule has 0 amide bonds. The first-order chi connectivity index (χ1) is 9.60. The molecule has 2 nitrogen and oxygen atoms in total. The van der Waals surface area contributed by atoms with Gasteiger partial charge in [-0.25, -0.2) is 4.39 Å². The Kier molecular flexibility index (Phi) is 7.82. The van der Waals surface area contributed by atoms with Crippen LogP contribution in [0.15, 0.2) is 16.6 Å². The van der Waals surface area contributed by atoms with Crippen molar-refractivity contribution >= 4 is 21.7 Å². The average Bonchev–Trinajstić information content (AvgIpc) is 2.44. The Morgan fingerprint density at radius 2 is 1.85 bits per heavy atom. The molecule has 0 aliphatic carbocycles. The molecule has 0 aliphatic rings. The van der Waals surface area contributed by atoms with Crippen molar-refractivity contribution in [2.45, 2.75) is 51.9 Å². The second kappa shape index (κ2) is 9.11. The number of benzene rings is 1. The van der Waals surface area contributed by atoms with E-state index in [1.165, 1.54) is 44.9 Å². The number of methoxy groups -OCH3 is 1. The lowest BCUT2D eigenvalue weighted by Crippen LogP contribution is -2.03. The first-order valence-electron chi connectivity index (χ1n) is 7.16. The van der Waals surface area contributed by atoms with Crippen molar-refractivity contribution in [3.63, 3.8) is 0 Å². The summed E-state index contributed by atoms with van der Waals surface area (Å²) < 4.78 is 18.8. The Bertz CT molecular complexity index is 446. The van der Waals surface area contributed by atoms with E-state index in [9.17, 15) is 9.18 Å². The number of halogens is 2. The summed E-state index contributed by atoms with van der Waals surface area (Å²) in [5, 5.41) is 0. The van der Waals surface area contributed by atoms with Crippen molar-refractivity contribution in [2.24, 2.45) is 0 Å². The molecular weight excluding hydrogens is 323 g/mol. The molecule has 0 spiro atoms. The maximum Gasteiger partial charge on any atom is 0.166 e. The van der Waals surface area contributed by atoms with Crippen LogP contribution >= 0.6 is 15.9 Å². The van der Waals surface area contributed by atoms with Gasteiger partial charge in [0.1, 0.15) is 11.6 Å². The molecule has 20 heavy (non-hydrogen) atoms. The van der Waals surface area contributed by atoms with Crippen LogP contribution in [0.3, 0.4) is 0 Å². The van der Waals surface area contributed by atoms with E-state index in [2.05, 4.69) is 22.9 Å². The maximum atomic E-state index is 13.4. The van der Waals surface area contributed by atoms with E-state index < -0.39 is 5.82 Å². The molecular formula is C16H22BrFO2. The highest BCUT2D eigenvalue weighted by Gasteiger charge is 2.15. The van der Waals surface area contributed by atoms with Gasteiger partial charge in [-0.2, -0.15) is 0 Å². The quantitative estimate of drug-likeness (QED) is 0.434. The molecule has 1 rings (SSSR count). The van der Waals surface area contributed by atoms with Gasteiger partial charge in [-0.1, -0.05) is 39.0 Å². The SMILES string of the molecule is CCCCCCCCC(=O)c1cc(Br)c(F)cc1OC. The number of carbonyl (C=O) groups excluding carboxylic acids is 1. The van der Waals surface area contributed by atoms with Gasteiger partial charge >= 0.3 is 0 Å². The zero-order valence-electron chi connectivity index (χ0n) is 12.2. The lowest BCUT2D eigenvalue weighted by molar-refractivity contribution is 0.0976. The molecule has 0 atom stereocenters. The molecule has 0 bridgehead atoms. The van der Waals surface area contributed by atoms with Crippen molar-refractivity contribution in [3.05, 3.63) is 28.0 Å². The molecule has 0 saturated carbocycles. The molecule has 0 saturated heterocycles. The number of Topliss-reactive ketones (excluding diaryl/α,β-unsaturated/α-hetero) is 1. The smallest absolute Gasteiger partial charge is 0.166 e. The Morgan fingerprint density at radius 3 is 2.50 bits per heavy atom. The molecule has 112 valence electrons. The van der Waals surface area contributed by atoms with E-state index in [4.69, 9.17) is 4.74 Å². The van der Waals surface area contributed by atoms with Crippen LogP contribution < -0.4 is 4.74 Å². The van der Waals surface area contributed by atoms with Gasteiger partial charge in [0.15, 0.2) is 5.78 Å². The van der Waals surface area contributed by atoms with Crippen LogP contribution in [-0.2, 0) is 0 Å². The number of hydrogen-bond acceptors (Lipinski definition) is 2. The van der Waals surface area contributed by atoms with Crippen LogP contribution in [0.2, 0.25) is 0 Å². The summed E-state index contributed by atoms with van der Waals surface area (Å²) in [6, 6.07) is 2.76. The van der Waals surface area contributed by atoms with E-state index in [1.807, 2.05) is 0 Å². The molecule has 0 radical (unpaired) electrons. The summed E-state index contributed by atoms with van der Waals surface area (Å²) in [4.78, 5) is 12.2. The molecule has 0 unspecified atom stereocenters. The fourth-order valence-electron chi connectivity index (χ4n) is 2.12. The lowest BCUT2D eigenvalue weighted by Gasteiger charge is -2.09. The molecule has 0 N–H and O–H groups in total. The molecule has 0 aromatic heterocycles. The maximum absolute atomic E-state index is 13.4. The van der Waals surface area contributed by atoms with Crippen molar-refractivity contribution in [1.29, 1.82) is 0 Å². The van der Waals surface area contributed by atoms with Crippen molar-refractivity contribution in [1.82, 2.24) is 0 Å². The Morgan fingerprint density at radius 1 is 1.20 bits per heavy atom. The minimum atomic E-state index is -0.419. The molecule has 1 aromatic carbocycles. The highest BCUT2D eigenvalue weighted by atomic mass is 79.9. The standard InChI is InChI=1S/C16H22BrFO2/c1-3-4-5-6-7-8-9-15(19)12-10-13(17)14(18)11-16(12)20-2/h10-11H,3-9H2,1-2H3. The summed E-state index contributed by atoms with van der Waals surface area (Å²) in [6.45, 7) is 2.18. The molecule has 4 heteroatoms. The highest BCUT2D eigenvalue weighted by Crippen LogP contribution is 2.27. The third-order valence-electron chi connectivity index (χ3n) is 3.30. The summed E-state index contributed by atoms with van der Waals surface area (Å²) in [6.07, 6.45) is 7.31. The summed E-state index contributed by atoms with van der Waals surface area (Å²) in [7, 11) is 1.45. The largest absolute Gasteiger partial charge is 0.496 e. The number of carbonyl (C=O) groups is 1. The predicted molar refractivity (Wildman–Crippen MR) is 83.0 cm³/mol. The number of ketones is 1. The van der Waals surface area contributed by atoms with Crippen LogP contribution in [0.4, 0.5) is 4.39 Å². The van der Waals surface area contributed by atoms with Crippen LogP contribution in [0, 0.1) is 5.82 Å². The fourth-order valence-corrected chi connectivity index (χ4v) is 2.46. The second-order valence-corrected chi connectivity index (χ2v) is 5.76. The van der Waals surface area contributed by atoms with Gasteiger partial charge in [-0.15, -0.1) is 0 Å². The first-order valence-corrected chi connectivity index (χ1v) is 7.95. The summed E-state index contributed by atoms with van der Waals surface area (Å²) in [5.41, 5.74) is 0.453.